The Hall–Kier alpha value is -2.96. The van der Waals surface area contributed by atoms with Gasteiger partial charge in [-0.05, 0) is 103 Å². The van der Waals surface area contributed by atoms with Crippen LogP contribution in [0.4, 0.5) is 0 Å². The van der Waals surface area contributed by atoms with E-state index in [0.29, 0.717) is 0 Å². The van der Waals surface area contributed by atoms with Gasteiger partial charge in [0.25, 0.3) is 0 Å². The molecule has 0 aliphatic carbocycles. The summed E-state index contributed by atoms with van der Waals surface area (Å²) in [6, 6.07) is 30.3. The lowest BCUT2D eigenvalue weighted by molar-refractivity contribution is 0.668. The second-order valence-electron chi connectivity index (χ2n) is 12.7. The number of rotatable bonds is 15. The van der Waals surface area contributed by atoms with Crippen molar-refractivity contribution in [2.45, 2.75) is 91.5 Å². The summed E-state index contributed by atoms with van der Waals surface area (Å²) >= 11 is 7.88. The monoisotopic (exact) mass is 691 g/mol. The Labute approximate surface area is 296 Å². The molecule has 5 aromatic heterocycles. The average molecular weight is 692 g/mol. The van der Waals surface area contributed by atoms with E-state index in [1.54, 1.807) is 5.56 Å². The van der Waals surface area contributed by atoms with E-state index in [1.807, 2.05) is 45.3 Å². The first-order valence-corrected chi connectivity index (χ1v) is 20.9. The number of para-hydroxylation sites is 1. The van der Waals surface area contributed by atoms with Gasteiger partial charge in [-0.15, -0.1) is 45.3 Å². The molecule has 0 aliphatic rings. The van der Waals surface area contributed by atoms with Crippen LogP contribution in [0.2, 0.25) is 0 Å². The normalized spacial score (nSPS) is 11.8. The Morgan fingerprint density at radius 2 is 1.17 bits per heavy atom. The number of aryl methyl sites for hydroxylation is 3. The zero-order chi connectivity index (χ0) is 32.2. The van der Waals surface area contributed by atoms with Crippen LogP contribution in [-0.4, -0.2) is 4.57 Å². The molecule has 7 rings (SSSR count). The number of unbranched alkanes of at least 4 members (excludes halogenated alkanes) is 6. The van der Waals surface area contributed by atoms with E-state index in [2.05, 4.69) is 110 Å². The molecule has 0 aliphatic heterocycles. The number of fused-ring (bicyclic) bond motifs is 3. The molecule has 7 aromatic rings. The minimum Gasteiger partial charge on any atom is -0.341 e. The zero-order valence-corrected chi connectivity index (χ0v) is 31.2. The van der Waals surface area contributed by atoms with Crippen molar-refractivity contribution >= 4 is 67.2 Å². The highest BCUT2D eigenvalue weighted by Gasteiger charge is 2.19. The predicted molar refractivity (Wildman–Crippen MR) is 214 cm³/mol. The molecule has 5 heteroatoms. The van der Waals surface area contributed by atoms with E-state index in [1.165, 1.54) is 125 Å². The second-order valence-corrected chi connectivity index (χ2v) is 16.8. The van der Waals surface area contributed by atoms with Gasteiger partial charge in [0.15, 0.2) is 0 Å². The third kappa shape index (κ3) is 6.83. The third-order valence-corrected chi connectivity index (χ3v) is 14.3. The SMILES string of the molecule is CCCCCCc1cc(-c2cc(CCCCCC)c(-c3ccc(-c4ccc5c(c4)c4ccccc4n5CC)s3)s2)sc1-c1cccs1. The maximum Gasteiger partial charge on any atom is 0.0491 e. The van der Waals surface area contributed by atoms with Gasteiger partial charge in [-0.2, -0.15) is 0 Å². The zero-order valence-electron chi connectivity index (χ0n) is 27.9. The molecule has 0 N–H and O–H groups in total. The molecule has 0 saturated carbocycles. The predicted octanol–water partition coefficient (Wildman–Crippen LogP) is 15.0. The van der Waals surface area contributed by atoms with Crippen molar-refractivity contribution in [3.05, 3.63) is 95.4 Å². The van der Waals surface area contributed by atoms with Crippen LogP contribution in [0.5, 0.6) is 0 Å². The molecule has 1 nitrogen and oxygen atoms in total. The molecule has 0 unspecified atom stereocenters. The number of nitrogens with zero attached hydrogens (tertiary/aromatic N) is 1. The molecule has 242 valence electrons. The van der Waals surface area contributed by atoms with Crippen LogP contribution < -0.4 is 0 Å². The van der Waals surface area contributed by atoms with Gasteiger partial charge < -0.3 is 4.57 Å². The van der Waals surface area contributed by atoms with Crippen molar-refractivity contribution < 1.29 is 0 Å². The van der Waals surface area contributed by atoms with Crippen LogP contribution in [0, 0.1) is 0 Å². The van der Waals surface area contributed by atoms with Crippen LogP contribution in [0.15, 0.2) is 84.2 Å². The summed E-state index contributed by atoms with van der Waals surface area (Å²) < 4.78 is 2.44. The standard InChI is InChI=1S/C42H45NS4/c1-4-7-9-11-16-30-27-39(46-41(30)37-20-15-25-44-37)40-28-31(17-12-10-8-5-2)42(47-40)38-24-23-36(45-38)29-21-22-35-33(26-29)32-18-13-14-19-34(32)43(35)6-3/h13-15,18-28H,4-12,16-17H2,1-3H3. The van der Waals surface area contributed by atoms with Crippen molar-refractivity contribution in [1.82, 2.24) is 4.57 Å². The molecule has 0 spiro atoms. The molecular formula is C42H45NS4. The van der Waals surface area contributed by atoms with E-state index in [4.69, 9.17) is 0 Å². The molecular weight excluding hydrogens is 647 g/mol. The first kappa shape index (κ1) is 32.6. The van der Waals surface area contributed by atoms with Gasteiger partial charge in [-0.25, -0.2) is 0 Å². The quantitative estimate of drug-likeness (QED) is 0.0943. The summed E-state index contributed by atoms with van der Waals surface area (Å²) in [5.41, 5.74) is 7.05. The van der Waals surface area contributed by atoms with Crippen LogP contribution in [0.25, 0.3) is 61.5 Å². The van der Waals surface area contributed by atoms with E-state index >= 15 is 0 Å². The summed E-state index contributed by atoms with van der Waals surface area (Å²) in [6.07, 6.45) is 12.7. The number of aromatic nitrogens is 1. The fraction of sp³-hybridized carbons (Fsp3) is 0.333. The van der Waals surface area contributed by atoms with Gasteiger partial charge in [0.1, 0.15) is 0 Å². The number of thiophene rings is 4. The Kier molecular flexibility index (Phi) is 10.4. The van der Waals surface area contributed by atoms with Gasteiger partial charge in [0.05, 0.1) is 0 Å². The fourth-order valence-corrected chi connectivity index (χ4v) is 11.5. The molecule has 5 heterocycles. The highest BCUT2D eigenvalue weighted by molar-refractivity contribution is 7.29. The van der Waals surface area contributed by atoms with E-state index in [9.17, 15) is 0 Å². The van der Waals surface area contributed by atoms with Crippen LogP contribution in [-0.2, 0) is 19.4 Å². The number of benzene rings is 2. The summed E-state index contributed by atoms with van der Waals surface area (Å²) in [4.78, 5) is 10.0. The third-order valence-electron chi connectivity index (χ3n) is 9.41. The van der Waals surface area contributed by atoms with Crippen LogP contribution in [0.1, 0.15) is 83.3 Å². The Balaban J connectivity index is 1.24. The molecule has 0 radical (unpaired) electrons. The molecule has 47 heavy (non-hydrogen) atoms. The van der Waals surface area contributed by atoms with Gasteiger partial charge in [0.2, 0.25) is 0 Å². The highest BCUT2D eigenvalue weighted by Crippen LogP contribution is 2.48. The summed E-state index contributed by atoms with van der Waals surface area (Å²) in [5.74, 6) is 0. The largest absolute Gasteiger partial charge is 0.341 e. The van der Waals surface area contributed by atoms with E-state index < -0.39 is 0 Å². The second kappa shape index (κ2) is 15.1. The molecule has 0 fully saturated rings. The van der Waals surface area contributed by atoms with Gasteiger partial charge in [-0.1, -0.05) is 82.7 Å². The van der Waals surface area contributed by atoms with Gasteiger partial charge >= 0.3 is 0 Å². The number of hydrogen-bond donors (Lipinski definition) is 0. The lowest BCUT2D eigenvalue weighted by atomic mass is 10.0. The topological polar surface area (TPSA) is 4.93 Å². The maximum absolute atomic E-state index is 2.54. The summed E-state index contributed by atoms with van der Waals surface area (Å²) in [5, 5.41) is 4.93. The minimum atomic E-state index is 0.980. The molecule has 0 amide bonds. The smallest absolute Gasteiger partial charge is 0.0491 e. The first-order valence-electron chi connectivity index (χ1n) is 17.6. The Morgan fingerprint density at radius 3 is 1.83 bits per heavy atom. The number of hydrogen-bond acceptors (Lipinski definition) is 4. The van der Waals surface area contributed by atoms with E-state index in [-0.39, 0.29) is 0 Å². The van der Waals surface area contributed by atoms with Crippen molar-refractivity contribution in [3.8, 4) is 39.7 Å². The molecule has 0 bridgehead atoms. The van der Waals surface area contributed by atoms with E-state index in [0.717, 1.165) is 13.0 Å². The van der Waals surface area contributed by atoms with Crippen molar-refractivity contribution in [2.24, 2.45) is 0 Å². The van der Waals surface area contributed by atoms with Crippen molar-refractivity contribution in [2.75, 3.05) is 0 Å². The summed E-state index contributed by atoms with van der Waals surface area (Å²) in [6.45, 7) is 7.83. The van der Waals surface area contributed by atoms with Gasteiger partial charge in [0, 0.05) is 62.5 Å². The maximum atomic E-state index is 2.54. The van der Waals surface area contributed by atoms with Gasteiger partial charge in [-0.3, -0.25) is 0 Å². The highest BCUT2D eigenvalue weighted by atomic mass is 32.1. The lowest BCUT2D eigenvalue weighted by Crippen LogP contribution is -1.92. The fourth-order valence-electron chi connectivity index (χ4n) is 6.94. The van der Waals surface area contributed by atoms with Crippen molar-refractivity contribution in [3.63, 3.8) is 0 Å². The molecule has 0 saturated heterocycles. The minimum absolute atomic E-state index is 0.980. The molecule has 0 atom stereocenters. The van der Waals surface area contributed by atoms with Crippen LogP contribution >= 0.6 is 45.3 Å². The first-order chi connectivity index (χ1) is 23.2. The summed E-state index contributed by atoms with van der Waals surface area (Å²) in [7, 11) is 0. The lowest BCUT2D eigenvalue weighted by Gasteiger charge is -2.04. The van der Waals surface area contributed by atoms with Crippen LogP contribution in [0.3, 0.4) is 0 Å². The Bertz CT molecular complexity index is 2060. The Morgan fingerprint density at radius 1 is 0.511 bits per heavy atom. The average Bonchev–Trinajstić information content (AvgIpc) is 3.94. The molecule has 2 aromatic carbocycles. The van der Waals surface area contributed by atoms with Crippen molar-refractivity contribution in [1.29, 1.82) is 0 Å².